The van der Waals surface area contributed by atoms with Gasteiger partial charge in [0.05, 0.1) is 5.39 Å². The molecule has 2 heterocycles. The van der Waals surface area contributed by atoms with Crippen molar-refractivity contribution in [3.8, 4) is 21.8 Å². The van der Waals surface area contributed by atoms with Gasteiger partial charge in [0, 0.05) is 20.7 Å². The molecule has 0 radical (unpaired) electrons. The zero-order chi connectivity index (χ0) is 22.7. The maximum Gasteiger partial charge on any atom is 0.256 e. The fourth-order valence-corrected chi connectivity index (χ4v) is 6.40. The number of fused-ring (bicyclic) bond motifs is 3. The van der Waals surface area contributed by atoms with Crippen molar-refractivity contribution in [3.63, 3.8) is 0 Å². The van der Waals surface area contributed by atoms with Gasteiger partial charge < -0.3 is 0 Å². The van der Waals surface area contributed by atoms with Crippen LogP contribution in [0.1, 0.15) is 16.7 Å². The van der Waals surface area contributed by atoms with Gasteiger partial charge in [0.1, 0.15) is 10.6 Å². The van der Waals surface area contributed by atoms with E-state index in [-0.39, 0.29) is 0 Å². The zero-order valence-electron chi connectivity index (χ0n) is 19.3. The molecule has 6 rings (SSSR count). The topological polar surface area (TPSA) is 16.8 Å². The quantitative estimate of drug-likeness (QED) is 0.197. The van der Waals surface area contributed by atoms with E-state index in [1.54, 1.807) is 0 Å². The van der Waals surface area contributed by atoms with E-state index in [1.807, 2.05) is 11.3 Å². The zero-order valence-corrected chi connectivity index (χ0v) is 20.1. The first-order valence-electron chi connectivity index (χ1n) is 11.3. The van der Waals surface area contributed by atoms with Crippen molar-refractivity contribution in [3.05, 3.63) is 95.6 Å². The summed E-state index contributed by atoms with van der Waals surface area (Å²) < 4.78 is 3.41. The molecule has 0 fully saturated rings. The van der Waals surface area contributed by atoms with Crippen LogP contribution in [0.25, 0.3) is 53.5 Å². The predicted octanol–water partition coefficient (Wildman–Crippen LogP) is 7.69. The Morgan fingerprint density at radius 1 is 0.697 bits per heavy atom. The Morgan fingerprint density at radius 2 is 1.33 bits per heavy atom. The summed E-state index contributed by atoms with van der Waals surface area (Å²) in [6.07, 6.45) is 0. The van der Waals surface area contributed by atoms with Gasteiger partial charge >= 0.3 is 0 Å². The monoisotopic (exact) mass is 445 g/mol. The van der Waals surface area contributed by atoms with Gasteiger partial charge in [-0.3, -0.25) is 0 Å². The second-order valence-corrected chi connectivity index (χ2v) is 9.94. The molecule has 0 aliphatic rings. The van der Waals surface area contributed by atoms with Crippen molar-refractivity contribution in [2.45, 2.75) is 20.8 Å². The lowest BCUT2D eigenvalue weighted by molar-refractivity contribution is -0.718. The fourth-order valence-electron chi connectivity index (χ4n) is 5.10. The van der Waals surface area contributed by atoms with E-state index in [1.165, 1.54) is 64.5 Å². The number of thiophene rings is 1. The Balaban J connectivity index is 1.79. The number of rotatable bonds is 2. The van der Waals surface area contributed by atoms with Crippen LogP contribution in [-0.2, 0) is 7.05 Å². The highest BCUT2D eigenvalue weighted by Crippen LogP contribution is 2.42. The van der Waals surface area contributed by atoms with Crippen LogP contribution < -0.4 is 4.68 Å². The Labute approximate surface area is 197 Å². The average Bonchev–Trinajstić information content (AvgIpc) is 3.14. The standard InChI is InChI=1S/C30H25N2S/c1-18-10-9-11-19(2)27(18)28-24-16-21-12-5-6-13-22(21)17-25(24)29(32(4)31-28)30-20(3)23-14-7-8-15-26(23)33-30/h5-17H,1-4H3/q+1. The van der Waals surface area contributed by atoms with Crippen molar-refractivity contribution in [2.24, 2.45) is 7.05 Å². The minimum absolute atomic E-state index is 1.05. The number of hydrogen-bond donors (Lipinski definition) is 0. The molecule has 6 aromatic rings. The van der Waals surface area contributed by atoms with Crippen LogP contribution in [0.4, 0.5) is 0 Å². The molecule has 2 aromatic heterocycles. The Bertz CT molecular complexity index is 1690. The van der Waals surface area contributed by atoms with Gasteiger partial charge in [-0.15, -0.1) is 11.3 Å². The minimum Gasteiger partial charge on any atom is -0.128 e. The number of aryl methyl sites for hydroxylation is 4. The number of nitrogens with zero attached hydrogens (tertiary/aromatic N) is 2. The molecule has 0 amide bonds. The highest BCUT2D eigenvalue weighted by molar-refractivity contribution is 7.22. The van der Waals surface area contributed by atoms with Gasteiger partial charge in [0.25, 0.3) is 5.69 Å². The maximum atomic E-state index is 5.21. The summed E-state index contributed by atoms with van der Waals surface area (Å²) >= 11 is 1.86. The summed E-state index contributed by atoms with van der Waals surface area (Å²) in [6, 6.07) is 28.5. The van der Waals surface area contributed by atoms with Crippen molar-refractivity contribution < 1.29 is 4.68 Å². The number of hydrogen-bond acceptors (Lipinski definition) is 2. The molecule has 0 unspecified atom stereocenters. The van der Waals surface area contributed by atoms with Crippen molar-refractivity contribution in [1.82, 2.24) is 5.10 Å². The van der Waals surface area contributed by atoms with E-state index in [2.05, 4.69) is 111 Å². The fraction of sp³-hybridized carbons (Fsp3) is 0.133. The van der Waals surface area contributed by atoms with Crippen LogP contribution in [0, 0.1) is 20.8 Å². The van der Waals surface area contributed by atoms with E-state index in [0.29, 0.717) is 0 Å². The molecule has 0 aliphatic heterocycles. The molecular formula is C30H25N2S+. The molecule has 0 N–H and O–H groups in total. The summed E-state index contributed by atoms with van der Waals surface area (Å²) in [6.45, 7) is 6.60. The number of aromatic nitrogens is 2. The van der Waals surface area contributed by atoms with Gasteiger partial charge in [-0.1, -0.05) is 65.3 Å². The minimum atomic E-state index is 1.05. The highest BCUT2D eigenvalue weighted by atomic mass is 32.1. The van der Waals surface area contributed by atoms with Crippen LogP contribution in [0.2, 0.25) is 0 Å². The van der Waals surface area contributed by atoms with Crippen LogP contribution >= 0.6 is 11.3 Å². The van der Waals surface area contributed by atoms with Crippen LogP contribution in [0.5, 0.6) is 0 Å². The lowest BCUT2D eigenvalue weighted by Gasteiger charge is -2.13. The highest BCUT2D eigenvalue weighted by Gasteiger charge is 2.26. The van der Waals surface area contributed by atoms with E-state index < -0.39 is 0 Å². The smallest absolute Gasteiger partial charge is 0.128 e. The van der Waals surface area contributed by atoms with Crippen molar-refractivity contribution in [1.29, 1.82) is 0 Å². The molecule has 33 heavy (non-hydrogen) atoms. The average molecular weight is 446 g/mol. The lowest BCUT2D eigenvalue weighted by atomic mass is 9.93. The third-order valence-electron chi connectivity index (χ3n) is 6.75. The molecule has 3 heteroatoms. The van der Waals surface area contributed by atoms with Gasteiger partial charge in [-0.05, 0) is 71.8 Å². The lowest BCUT2D eigenvalue weighted by Crippen LogP contribution is -2.36. The van der Waals surface area contributed by atoms with E-state index >= 15 is 0 Å². The summed E-state index contributed by atoms with van der Waals surface area (Å²) in [4.78, 5) is 1.29. The second kappa shape index (κ2) is 7.50. The van der Waals surface area contributed by atoms with Gasteiger partial charge in [0.2, 0.25) is 0 Å². The van der Waals surface area contributed by atoms with E-state index in [4.69, 9.17) is 5.10 Å². The SMILES string of the molecule is Cc1cccc(C)c1-c1n[n+](C)c(-c2sc3ccccc3c2C)c2cc3ccccc3cc12. The van der Waals surface area contributed by atoms with Crippen LogP contribution in [-0.4, -0.2) is 5.10 Å². The Kier molecular flexibility index (Phi) is 4.56. The molecule has 0 aliphatic carbocycles. The molecule has 0 spiro atoms. The molecule has 0 bridgehead atoms. The van der Waals surface area contributed by atoms with Gasteiger partial charge in [-0.25, -0.2) is 0 Å². The molecular weight excluding hydrogens is 420 g/mol. The molecule has 160 valence electrons. The molecule has 0 saturated heterocycles. The summed E-state index contributed by atoms with van der Waals surface area (Å²) in [7, 11) is 2.09. The molecule has 4 aromatic carbocycles. The molecule has 0 saturated carbocycles. The second-order valence-electron chi connectivity index (χ2n) is 8.88. The summed E-state index contributed by atoms with van der Waals surface area (Å²) in [5.74, 6) is 0. The summed E-state index contributed by atoms with van der Waals surface area (Å²) in [5.41, 5.74) is 7.29. The largest absolute Gasteiger partial charge is 0.256 e. The van der Waals surface area contributed by atoms with Crippen LogP contribution in [0.3, 0.4) is 0 Å². The normalized spacial score (nSPS) is 11.6. The third-order valence-corrected chi connectivity index (χ3v) is 8.03. The Morgan fingerprint density at radius 3 is 2.03 bits per heavy atom. The number of benzene rings is 4. The first-order valence-corrected chi connectivity index (χ1v) is 12.1. The third kappa shape index (κ3) is 3.07. The van der Waals surface area contributed by atoms with Gasteiger partial charge in [-0.2, -0.15) is 0 Å². The summed E-state index contributed by atoms with van der Waals surface area (Å²) in [5, 5.41) is 11.5. The predicted molar refractivity (Wildman–Crippen MR) is 141 cm³/mol. The first kappa shape index (κ1) is 20.1. The first-order chi connectivity index (χ1) is 16.0. The Hall–Kier alpha value is -3.56. The van der Waals surface area contributed by atoms with E-state index in [0.717, 1.165) is 5.69 Å². The van der Waals surface area contributed by atoms with Crippen molar-refractivity contribution in [2.75, 3.05) is 0 Å². The van der Waals surface area contributed by atoms with Crippen molar-refractivity contribution >= 4 is 43.0 Å². The van der Waals surface area contributed by atoms with E-state index in [9.17, 15) is 0 Å². The van der Waals surface area contributed by atoms with Gasteiger partial charge in [0.15, 0.2) is 7.05 Å². The molecule has 2 nitrogen and oxygen atoms in total. The van der Waals surface area contributed by atoms with Crippen LogP contribution in [0.15, 0.2) is 78.9 Å². The molecule has 0 atom stereocenters. The maximum absolute atomic E-state index is 5.21.